The second-order valence-corrected chi connectivity index (χ2v) is 3.85. The van der Waals surface area contributed by atoms with E-state index in [0.717, 1.165) is 13.1 Å². The minimum Gasteiger partial charge on any atom is -0.329 e. The quantitative estimate of drug-likeness (QED) is 0.234. The van der Waals surface area contributed by atoms with Gasteiger partial charge in [-0.25, -0.2) is 4.57 Å². The number of phosphoric ester groups is 1. The van der Waals surface area contributed by atoms with Gasteiger partial charge in [-0.2, -0.15) is 0 Å². The van der Waals surface area contributed by atoms with E-state index in [4.69, 9.17) is 15.5 Å². The molecule has 0 amide bonds. The molecule has 14 heavy (non-hydrogen) atoms. The van der Waals surface area contributed by atoms with Crippen molar-refractivity contribution in [2.24, 2.45) is 5.73 Å². The Morgan fingerprint density at radius 3 is 2.21 bits per heavy atom. The fourth-order valence-electron chi connectivity index (χ4n) is 0.766. The maximum absolute atomic E-state index is 10.2. The monoisotopic (exact) mass is 227 g/mol. The molecule has 0 heterocycles. The molecule has 6 N–H and O–H groups in total. The van der Waals surface area contributed by atoms with Crippen LogP contribution < -0.4 is 16.4 Å². The first kappa shape index (κ1) is 14.0. The summed E-state index contributed by atoms with van der Waals surface area (Å²) in [5.41, 5.74) is 5.25. The zero-order chi connectivity index (χ0) is 10.9. The molecule has 0 unspecified atom stereocenters. The third-order valence-corrected chi connectivity index (χ3v) is 1.86. The van der Waals surface area contributed by atoms with Crippen molar-refractivity contribution in [1.82, 2.24) is 10.6 Å². The molecule has 0 aromatic heterocycles. The Kier molecular flexibility index (Phi) is 8.30. The van der Waals surface area contributed by atoms with Crippen molar-refractivity contribution in [1.29, 1.82) is 0 Å². The molecule has 0 aliphatic rings. The van der Waals surface area contributed by atoms with Crippen LogP contribution in [0.15, 0.2) is 0 Å². The highest BCUT2D eigenvalue weighted by Gasteiger charge is 2.11. The molecular weight excluding hydrogens is 209 g/mol. The lowest BCUT2D eigenvalue weighted by Gasteiger charge is -2.07. The van der Waals surface area contributed by atoms with Crippen LogP contribution >= 0.6 is 7.82 Å². The molecule has 0 spiro atoms. The Morgan fingerprint density at radius 1 is 1.14 bits per heavy atom. The smallest absolute Gasteiger partial charge is 0.329 e. The normalized spacial score (nSPS) is 11.9. The number of nitrogens with one attached hydrogen (secondary N) is 2. The fraction of sp³-hybridized carbons (Fsp3) is 1.00. The lowest BCUT2D eigenvalue weighted by molar-refractivity contribution is 0.197. The Balaban J connectivity index is 3.03. The summed E-state index contributed by atoms with van der Waals surface area (Å²) in [7, 11) is -4.30. The molecule has 0 radical (unpaired) electrons. The summed E-state index contributed by atoms with van der Waals surface area (Å²) in [5, 5.41) is 6.01. The molecule has 0 aliphatic heterocycles. The van der Waals surface area contributed by atoms with Crippen molar-refractivity contribution in [3.63, 3.8) is 0 Å². The van der Waals surface area contributed by atoms with Crippen LogP contribution in [0.3, 0.4) is 0 Å². The Labute approximate surface area is 83.3 Å². The summed E-state index contributed by atoms with van der Waals surface area (Å²) in [6.07, 6.45) is 0. The van der Waals surface area contributed by atoms with Gasteiger partial charge in [-0.05, 0) is 0 Å². The van der Waals surface area contributed by atoms with Crippen LogP contribution in [0, 0.1) is 0 Å². The highest BCUT2D eigenvalue weighted by atomic mass is 31.2. The standard InChI is InChI=1S/C6H18N3O4P/c7-1-2-8-3-4-9-5-6-13-14(10,11)12/h8-9H,1-7H2,(H2,10,11,12). The van der Waals surface area contributed by atoms with Gasteiger partial charge >= 0.3 is 7.82 Å². The van der Waals surface area contributed by atoms with Gasteiger partial charge in [0.05, 0.1) is 6.61 Å². The topological polar surface area (TPSA) is 117 Å². The van der Waals surface area contributed by atoms with Gasteiger partial charge in [0.15, 0.2) is 0 Å². The third kappa shape index (κ3) is 12.0. The summed E-state index contributed by atoms with van der Waals surface area (Å²) in [5.74, 6) is 0. The van der Waals surface area contributed by atoms with E-state index in [1.54, 1.807) is 0 Å². The molecule has 0 rings (SSSR count). The van der Waals surface area contributed by atoms with E-state index in [2.05, 4.69) is 15.2 Å². The highest BCUT2D eigenvalue weighted by Crippen LogP contribution is 2.34. The largest absolute Gasteiger partial charge is 0.469 e. The molecule has 0 bridgehead atoms. The average molecular weight is 227 g/mol. The van der Waals surface area contributed by atoms with E-state index >= 15 is 0 Å². The van der Waals surface area contributed by atoms with Crippen molar-refractivity contribution in [3.05, 3.63) is 0 Å². The number of phosphoric acid groups is 1. The van der Waals surface area contributed by atoms with E-state index in [1.165, 1.54) is 0 Å². The zero-order valence-electron chi connectivity index (χ0n) is 7.98. The first-order chi connectivity index (χ1) is 6.56. The number of nitrogens with two attached hydrogens (primary N) is 1. The molecule has 0 fully saturated rings. The van der Waals surface area contributed by atoms with Crippen molar-refractivity contribution < 1.29 is 18.9 Å². The summed E-state index contributed by atoms with van der Waals surface area (Å²) >= 11 is 0. The Bertz CT molecular complexity index is 174. The van der Waals surface area contributed by atoms with Crippen molar-refractivity contribution in [2.75, 3.05) is 39.3 Å². The van der Waals surface area contributed by atoms with Gasteiger partial charge in [0.2, 0.25) is 0 Å². The van der Waals surface area contributed by atoms with Crippen molar-refractivity contribution in [3.8, 4) is 0 Å². The van der Waals surface area contributed by atoms with Crippen LogP contribution in [0.2, 0.25) is 0 Å². The first-order valence-electron chi connectivity index (χ1n) is 4.38. The second kappa shape index (κ2) is 8.31. The van der Waals surface area contributed by atoms with Gasteiger partial charge < -0.3 is 26.2 Å². The van der Waals surface area contributed by atoms with Crippen LogP contribution in [0.4, 0.5) is 0 Å². The molecule has 86 valence electrons. The Morgan fingerprint density at radius 2 is 1.71 bits per heavy atom. The van der Waals surface area contributed by atoms with Crippen LogP contribution in [0.5, 0.6) is 0 Å². The van der Waals surface area contributed by atoms with Crippen molar-refractivity contribution >= 4 is 7.82 Å². The summed E-state index contributed by atoms with van der Waals surface area (Å²) in [4.78, 5) is 16.7. The predicted molar refractivity (Wildman–Crippen MR) is 52.8 cm³/mol. The van der Waals surface area contributed by atoms with E-state index in [9.17, 15) is 4.57 Å². The molecule has 8 heteroatoms. The molecular formula is C6H18N3O4P. The fourth-order valence-corrected chi connectivity index (χ4v) is 1.09. The predicted octanol–water partition coefficient (Wildman–Crippen LogP) is -1.77. The molecule has 7 nitrogen and oxygen atoms in total. The van der Waals surface area contributed by atoms with E-state index in [0.29, 0.717) is 19.6 Å². The minimum absolute atomic E-state index is 0.00116. The van der Waals surface area contributed by atoms with E-state index in [-0.39, 0.29) is 6.61 Å². The van der Waals surface area contributed by atoms with Crippen LogP contribution in [0.25, 0.3) is 0 Å². The van der Waals surface area contributed by atoms with Crippen LogP contribution in [-0.4, -0.2) is 49.1 Å². The second-order valence-electron chi connectivity index (χ2n) is 2.61. The van der Waals surface area contributed by atoms with Gasteiger partial charge in [-0.15, -0.1) is 0 Å². The van der Waals surface area contributed by atoms with Crippen LogP contribution in [-0.2, 0) is 9.09 Å². The van der Waals surface area contributed by atoms with E-state index < -0.39 is 7.82 Å². The van der Waals surface area contributed by atoms with Gasteiger partial charge in [0.1, 0.15) is 0 Å². The van der Waals surface area contributed by atoms with Gasteiger partial charge in [0, 0.05) is 32.7 Å². The van der Waals surface area contributed by atoms with Crippen LogP contribution in [0.1, 0.15) is 0 Å². The third-order valence-electron chi connectivity index (χ3n) is 1.34. The average Bonchev–Trinajstić information content (AvgIpc) is 2.08. The minimum atomic E-state index is -4.30. The number of hydrogen-bond acceptors (Lipinski definition) is 5. The van der Waals surface area contributed by atoms with Gasteiger partial charge in [0.25, 0.3) is 0 Å². The molecule has 0 saturated heterocycles. The molecule has 0 aromatic rings. The maximum Gasteiger partial charge on any atom is 0.469 e. The van der Waals surface area contributed by atoms with Gasteiger partial charge in [-0.1, -0.05) is 0 Å². The molecule has 0 saturated carbocycles. The Hall–Kier alpha value is -0.0100. The molecule has 0 aliphatic carbocycles. The number of rotatable bonds is 9. The maximum atomic E-state index is 10.2. The van der Waals surface area contributed by atoms with Crippen molar-refractivity contribution in [2.45, 2.75) is 0 Å². The lowest BCUT2D eigenvalue weighted by Crippen LogP contribution is -2.32. The zero-order valence-corrected chi connectivity index (χ0v) is 8.87. The van der Waals surface area contributed by atoms with E-state index in [1.807, 2.05) is 0 Å². The lowest BCUT2D eigenvalue weighted by atomic mass is 10.5. The number of hydrogen-bond donors (Lipinski definition) is 5. The summed E-state index contributed by atoms with van der Waals surface area (Å²) in [6, 6.07) is 0. The molecule has 0 atom stereocenters. The molecule has 0 aromatic carbocycles. The summed E-state index contributed by atoms with van der Waals surface area (Å²) < 4.78 is 14.4. The van der Waals surface area contributed by atoms with Gasteiger partial charge in [-0.3, -0.25) is 4.52 Å². The summed E-state index contributed by atoms with van der Waals surface area (Å²) in [6.45, 7) is 3.26. The first-order valence-corrected chi connectivity index (χ1v) is 5.91. The SMILES string of the molecule is NCCNCCNCCOP(=O)(O)O. The highest BCUT2D eigenvalue weighted by molar-refractivity contribution is 7.46.